The Kier molecular flexibility index (Phi) is 29.5. The topological polar surface area (TPSA) is 98.0 Å². The Morgan fingerprint density at radius 1 is 0.411 bits per heavy atom. The largest absolute Gasteiger partial charge is 3.00 e. The van der Waals surface area contributed by atoms with Crippen LogP contribution < -0.4 is 10.6 Å². The number of carbonyl (C=O) groups excluding carboxylic acids is 2. The van der Waals surface area contributed by atoms with Gasteiger partial charge in [0.15, 0.2) is 0 Å². The summed E-state index contributed by atoms with van der Waals surface area (Å²) >= 11 is 0. The maximum atomic E-state index is 7.75. The van der Waals surface area contributed by atoms with Gasteiger partial charge in [-0.1, -0.05) is 177 Å². The minimum absolute atomic E-state index is 0. The molecule has 290 valence electrons. The molecule has 0 amide bonds. The van der Waals surface area contributed by atoms with Crippen molar-refractivity contribution in [3.63, 3.8) is 0 Å². The van der Waals surface area contributed by atoms with E-state index in [0.717, 1.165) is 0 Å². The Hall–Kier alpha value is -3.13. The molecule has 0 heterocycles. The normalized spacial score (nSPS) is 15.8. The quantitative estimate of drug-likeness (QED) is 0.0798. The molecule has 0 aromatic heterocycles. The number of hydrogen-bond acceptors (Lipinski definition) is 4. The van der Waals surface area contributed by atoms with Gasteiger partial charge in [-0.25, -0.2) is 0 Å². The van der Waals surface area contributed by atoms with Crippen molar-refractivity contribution < 1.29 is 57.8 Å². The van der Waals surface area contributed by atoms with Gasteiger partial charge in [0.2, 0.25) is 0 Å². The van der Waals surface area contributed by atoms with Crippen molar-refractivity contribution in [3.05, 3.63) is 216 Å². The summed E-state index contributed by atoms with van der Waals surface area (Å²) in [7, 11) is 0. The van der Waals surface area contributed by atoms with Crippen molar-refractivity contribution >= 4 is 13.6 Å². The van der Waals surface area contributed by atoms with E-state index in [-0.39, 0.29) is 39.0 Å². The molecular weight excluding hydrogens is 871 g/mol. The van der Waals surface area contributed by atoms with Gasteiger partial charge in [0.1, 0.15) is 0 Å². The van der Waals surface area contributed by atoms with Crippen LogP contribution in [-0.2, 0) is 57.8 Å². The Morgan fingerprint density at radius 3 is 0.714 bits per heavy atom. The van der Waals surface area contributed by atoms with E-state index < -0.39 is 0 Å². The summed E-state index contributed by atoms with van der Waals surface area (Å²) in [6.07, 6.45) is 0. The summed E-state index contributed by atoms with van der Waals surface area (Å²) in [5, 5.41) is 7.28. The number of nitrogens with one attached hydrogen (secondary N) is 2. The van der Waals surface area contributed by atoms with E-state index in [1.807, 2.05) is 0 Å². The Labute approximate surface area is 363 Å². The molecular formula is C48H50N2O4Ru2+2. The molecule has 2 N–H and O–H groups in total. The van der Waals surface area contributed by atoms with Crippen molar-refractivity contribution in [1.29, 1.82) is 0 Å². The summed E-state index contributed by atoms with van der Waals surface area (Å²) in [4.78, 5) is 15.5. The van der Waals surface area contributed by atoms with Crippen molar-refractivity contribution in [2.24, 2.45) is 0 Å². The van der Waals surface area contributed by atoms with Crippen molar-refractivity contribution in [1.82, 2.24) is 10.6 Å². The zero-order chi connectivity index (χ0) is 40.8. The number of hydrogen-bond donors (Lipinski definition) is 2. The average Bonchev–Trinajstić information content (AvgIpc) is 3.62. The fourth-order valence-electron chi connectivity index (χ4n) is 6.69. The van der Waals surface area contributed by atoms with E-state index >= 15 is 0 Å². The molecule has 2 fully saturated rings. The van der Waals surface area contributed by atoms with Gasteiger partial charge in [-0.2, -0.15) is 0 Å². The molecule has 4 aromatic carbocycles. The van der Waals surface area contributed by atoms with Crippen LogP contribution in [0.4, 0.5) is 0 Å². The molecule has 6 nitrogen and oxygen atoms in total. The Bertz CT molecular complexity index is 1370. The second-order valence-electron chi connectivity index (χ2n) is 12.8. The molecule has 8 heteroatoms. The molecule has 0 spiro atoms. The van der Waals surface area contributed by atoms with E-state index in [2.05, 4.69) is 214 Å². The van der Waals surface area contributed by atoms with Crippen LogP contribution in [0.15, 0.2) is 121 Å². The van der Waals surface area contributed by atoms with Crippen LogP contribution in [0.1, 0.15) is 77.6 Å². The first kappa shape index (κ1) is 55.0. The van der Waals surface area contributed by atoms with E-state index in [1.54, 1.807) is 0 Å². The Morgan fingerprint density at radius 2 is 0.571 bits per heavy atom. The van der Waals surface area contributed by atoms with Gasteiger partial charge in [0, 0.05) is 59.4 Å². The zero-order valence-corrected chi connectivity index (χ0v) is 36.7. The van der Waals surface area contributed by atoms with Crippen molar-refractivity contribution in [2.45, 2.75) is 67.5 Å². The van der Waals surface area contributed by atoms with E-state index in [0.29, 0.717) is 12.1 Å². The maximum absolute atomic E-state index is 7.75. The minimum atomic E-state index is 0. The van der Waals surface area contributed by atoms with E-state index in [9.17, 15) is 0 Å². The summed E-state index contributed by atoms with van der Waals surface area (Å²) in [6, 6.07) is 46.2. The van der Waals surface area contributed by atoms with Gasteiger partial charge in [-0.3, -0.25) is 13.6 Å². The molecule has 56 heavy (non-hydrogen) atoms. The first-order valence-corrected chi connectivity index (χ1v) is 17.4. The third-order valence-corrected chi connectivity index (χ3v) is 8.62. The van der Waals surface area contributed by atoms with Crippen LogP contribution in [0.25, 0.3) is 0 Å². The van der Waals surface area contributed by atoms with Gasteiger partial charge in [-0.15, -0.1) is 0 Å². The van der Waals surface area contributed by atoms with E-state index in [4.69, 9.17) is 18.9 Å². The summed E-state index contributed by atoms with van der Waals surface area (Å²) in [6.45, 7) is 33.2. The fraction of sp³-hybridized carbons (Fsp3) is 0.208. The van der Waals surface area contributed by atoms with Crippen LogP contribution >= 0.6 is 0 Å². The maximum Gasteiger partial charge on any atom is 3.00 e. The molecule has 2 aliphatic carbocycles. The predicted molar refractivity (Wildman–Crippen MR) is 215 cm³/mol. The average molecular weight is 921 g/mol. The van der Waals surface area contributed by atoms with Gasteiger partial charge >= 0.3 is 61.6 Å². The van der Waals surface area contributed by atoms with Gasteiger partial charge in [0.25, 0.3) is 0 Å². The predicted octanol–water partition coefficient (Wildman–Crippen LogP) is 9.30. The molecule has 4 aromatic rings. The first-order chi connectivity index (χ1) is 26.2. The van der Waals surface area contributed by atoms with Crippen LogP contribution in [0.2, 0.25) is 0 Å². The van der Waals surface area contributed by atoms with Crippen LogP contribution in [-0.4, -0.2) is 25.7 Å². The zero-order valence-electron chi connectivity index (χ0n) is 33.2. The molecule has 0 bridgehead atoms. The molecule has 6 rings (SSSR count). The standard InChI is InChI=1S/2C22H24N.2CHO.2CO.2Ru/c2*1-15(2)23-22-16(3)20(18-11-7-5-8-12-18)21(17(22)4)19-13-9-6-10-14-19;4*1-2;;/h2*5-15,23H,1-4H3;2*1H;;;;/q;;2*-1;;;+1;+3. The fourth-order valence-corrected chi connectivity index (χ4v) is 6.69. The molecule has 2 saturated carbocycles. The summed E-state index contributed by atoms with van der Waals surface area (Å²) < 4.78 is 15.0. The monoisotopic (exact) mass is 922 g/mol. The van der Waals surface area contributed by atoms with Crippen LogP contribution in [0.3, 0.4) is 0 Å². The van der Waals surface area contributed by atoms with Gasteiger partial charge < -0.3 is 20.2 Å². The van der Waals surface area contributed by atoms with Crippen LogP contribution in [0.5, 0.6) is 0 Å². The summed E-state index contributed by atoms with van der Waals surface area (Å²) in [5.74, 6) is 10.7. The second kappa shape index (κ2) is 30.0. The SMILES string of the molecule is C[C]1[C](NC(C)C)[C](C)[C](c2ccccc2)[C]1c1ccccc1.C[C]1[C](NC(C)C)[C](C)[C](c2ccccc2)[C]1c1ccccc1.[C-]#[O+].[C-]#[O+].[CH-]=O.[CH-]=O.[Ru+3].[Ru+]. The second-order valence-corrected chi connectivity index (χ2v) is 12.8. The third kappa shape index (κ3) is 14.7. The molecule has 12 radical (unpaired) electrons. The van der Waals surface area contributed by atoms with Gasteiger partial charge in [-0.05, 0) is 22.3 Å². The molecule has 0 unspecified atom stereocenters. The van der Waals surface area contributed by atoms with Crippen molar-refractivity contribution in [3.8, 4) is 0 Å². The number of benzene rings is 4. The van der Waals surface area contributed by atoms with Gasteiger partial charge in [0.05, 0.1) is 12.1 Å². The number of rotatable bonds is 8. The molecule has 0 aliphatic heterocycles. The molecule has 0 saturated heterocycles. The molecule has 0 atom stereocenters. The summed E-state index contributed by atoms with van der Waals surface area (Å²) in [5.41, 5.74) is 5.13. The Balaban J connectivity index is 0. The third-order valence-electron chi connectivity index (χ3n) is 8.62. The molecule has 2 aliphatic rings. The smallest absolute Gasteiger partial charge is 0.545 e. The van der Waals surface area contributed by atoms with Crippen LogP contribution in [0, 0.1) is 72.7 Å². The first-order valence-electron chi connectivity index (χ1n) is 17.4. The van der Waals surface area contributed by atoms with Crippen molar-refractivity contribution in [2.75, 3.05) is 0 Å². The minimum Gasteiger partial charge on any atom is -0.545 e. The van der Waals surface area contributed by atoms with E-state index in [1.165, 1.54) is 81.7 Å².